The largest absolute Gasteiger partial charge is 0.370 e. The molecule has 0 saturated heterocycles. The summed E-state index contributed by atoms with van der Waals surface area (Å²) in [6.07, 6.45) is 2.64. The van der Waals surface area contributed by atoms with Gasteiger partial charge in [0.25, 0.3) is 5.56 Å². The van der Waals surface area contributed by atoms with E-state index in [4.69, 9.17) is 10.7 Å². The van der Waals surface area contributed by atoms with E-state index in [1.54, 1.807) is 16.7 Å². The number of hydrogen-bond donors (Lipinski definition) is 1. The number of para-hydroxylation sites is 1. The number of hydrogen-bond acceptors (Lipinski definition) is 5. The van der Waals surface area contributed by atoms with E-state index in [1.165, 1.54) is 11.8 Å². The van der Waals surface area contributed by atoms with E-state index < -0.39 is 0 Å². The van der Waals surface area contributed by atoms with Crippen molar-refractivity contribution in [3.8, 4) is 6.07 Å². The van der Waals surface area contributed by atoms with Crippen molar-refractivity contribution in [1.29, 1.82) is 5.26 Å². The number of primary amides is 1. The van der Waals surface area contributed by atoms with Crippen molar-refractivity contribution >= 4 is 28.6 Å². The van der Waals surface area contributed by atoms with Crippen LogP contribution in [0.3, 0.4) is 0 Å². The molecule has 0 radical (unpaired) electrons. The van der Waals surface area contributed by atoms with Gasteiger partial charge in [0.15, 0.2) is 5.16 Å². The summed E-state index contributed by atoms with van der Waals surface area (Å²) in [6, 6.07) is 17.0. The highest BCUT2D eigenvalue weighted by Gasteiger charge is 2.12. The van der Waals surface area contributed by atoms with E-state index in [9.17, 15) is 14.9 Å². The molecule has 0 atom stereocenters. The zero-order valence-corrected chi connectivity index (χ0v) is 16.8. The van der Waals surface area contributed by atoms with Crippen LogP contribution in [0.2, 0.25) is 0 Å². The van der Waals surface area contributed by atoms with Gasteiger partial charge in [-0.05, 0) is 36.6 Å². The second-order valence-corrected chi connectivity index (χ2v) is 7.65. The minimum absolute atomic E-state index is 0.0680. The maximum atomic E-state index is 13.0. The SMILES string of the molecule is N#Cc1ccccc1CSc1nc2ccccc2c(=O)n1CCCCCC(N)=O. The maximum absolute atomic E-state index is 13.0. The van der Waals surface area contributed by atoms with Crippen LogP contribution in [-0.4, -0.2) is 15.5 Å². The van der Waals surface area contributed by atoms with Gasteiger partial charge in [-0.3, -0.25) is 14.2 Å². The highest BCUT2D eigenvalue weighted by Crippen LogP contribution is 2.24. The molecule has 0 aliphatic carbocycles. The average Bonchev–Trinajstić information content (AvgIpc) is 2.73. The zero-order chi connectivity index (χ0) is 20.6. The van der Waals surface area contributed by atoms with E-state index in [0.29, 0.717) is 46.8 Å². The monoisotopic (exact) mass is 406 g/mol. The van der Waals surface area contributed by atoms with E-state index in [2.05, 4.69) is 6.07 Å². The minimum Gasteiger partial charge on any atom is -0.370 e. The lowest BCUT2D eigenvalue weighted by atomic mass is 10.1. The van der Waals surface area contributed by atoms with Gasteiger partial charge in [0.05, 0.1) is 22.5 Å². The Hall–Kier alpha value is -3.11. The number of carbonyl (C=O) groups excluding carboxylic acids is 1. The van der Waals surface area contributed by atoms with Crippen LogP contribution < -0.4 is 11.3 Å². The first-order chi connectivity index (χ1) is 14.1. The van der Waals surface area contributed by atoms with Gasteiger partial charge >= 0.3 is 0 Å². The summed E-state index contributed by atoms with van der Waals surface area (Å²) in [7, 11) is 0. The molecule has 3 rings (SSSR count). The molecule has 0 fully saturated rings. The van der Waals surface area contributed by atoms with Gasteiger partial charge < -0.3 is 5.73 Å². The van der Waals surface area contributed by atoms with Crippen LogP contribution in [0.4, 0.5) is 0 Å². The van der Waals surface area contributed by atoms with Gasteiger partial charge in [-0.2, -0.15) is 5.26 Å². The number of unbranched alkanes of at least 4 members (excludes halogenated alkanes) is 2. The summed E-state index contributed by atoms with van der Waals surface area (Å²) in [5, 5.41) is 10.5. The number of nitrogens with zero attached hydrogens (tertiary/aromatic N) is 3. The molecular formula is C22H22N4O2S. The third-order valence-corrected chi connectivity index (χ3v) is 5.65. The number of aromatic nitrogens is 2. The topological polar surface area (TPSA) is 102 Å². The Balaban J connectivity index is 1.84. The van der Waals surface area contributed by atoms with Gasteiger partial charge in [0.1, 0.15) is 0 Å². The fourth-order valence-electron chi connectivity index (χ4n) is 3.10. The summed E-state index contributed by atoms with van der Waals surface area (Å²) in [4.78, 5) is 28.6. The Bertz CT molecular complexity index is 1120. The van der Waals surface area contributed by atoms with Crippen LogP contribution in [0.5, 0.6) is 0 Å². The number of nitrogens with two attached hydrogens (primary N) is 1. The van der Waals surface area contributed by atoms with Crippen molar-refractivity contribution in [1.82, 2.24) is 9.55 Å². The van der Waals surface area contributed by atoms with Crippen molar-refractivity contribution in [3.05, 3.63) is 70.0 Å². The first kappa shape index (κ1) is 20.6. The molecule has 2 N–H and O–H groups in total. The number of carbonyl (C=O) groups is 1. The molecule has 0 unspecified atom stereocenters. The van der Waals surface area contributed by atoms with Gasteiger partial charge in [-0.25, -0.2) is 4.98 Å². The van der Waals surface area contributed by atoms with Crippen LogP contribution in [0, 0.1) is 11.3 Å². The quantitative estimate of drug-likeness (QED) is 0.332. The van der Waals surface area contributed by atoms with Crippen LogP contribution in [0.1, 0.15) is 36.8 Å². The smallest absolute Gasteiger partial charge is 0.262 e. The third kappa shape index (κ3) is 5.24. The summed E-state index contributed by atoms with van der Waals surface area (Å²) in [6.45, 7) is 0.525. The lowest BCUT2D eigenvalue weighted by molar-refractivity contribution is -0.118. The van der Waals surface area contributed by atoms with E-state index in [0.717, 1.165) is 18.4 Å². The average molecular weight is 407 g/mol. The molecule has 0 aliphatic rings. The second-order valence-electron chi connectivity index (χ2n) is 6.70. The number of fused-ring (bicyclic) bond motifs is 1. The number of benzene rings is 2. The van der Waals surface area contributed by atoms with Crippen molar-refractivity contribution in [2.24, 2.45) is 5.73 Å². The predicted molar refractivity (Wildman–Crippen MR) is 114 cm³/mol. The molecule has 0 aliphatic heterocycles. The molecule has 6 nitrogen and oxygen atoms in total. The lowest BCUT2D eigenvalue weighted by Gasteiger charge is -2.13. The molecule has 1 amide bonds. The summed E-state index contributed by atoms with van der Waals surface area (Å²) >= 11 is 1.45. The second kappa shape index (κ2) is 9.89. The lowest BCUT2D eigenvalue weighted by Crippen LogP contribution is -2.23. The van der Waals surface area contributed by atoms with Crippen LogP contribution in [-0.2, 0) is 17.1 Å². The van der Waals surface area contributed by atoms with Crippen LogP contribution in [0.15, 0.2) is 58.5 Å². The fraction of sp³-hybridized carbons (Fsp3) is 0.273. The molecule has 1 aromatic heterocycles. The minimum atomic E-state index is -0.304. The molecule has 0 bridgehead atoms. The fourth-order valence-corrected chi connectivity index (χ4v) is 4.13. The molecular weight excluding hydrogens is 384 g/mol. The van der Waals surface area contributed by atoms with Gasteiger partial charge in [-0.15, -0.1) is 0 Å². The molecule has 7 heteroatoms. The summed E-state index contributed by atoms with van der Waals surface area (Å²) in [5.41, 5.74) is 7.32. The third-order valence-electron chi connectivity index (χ3n) is 4.63. The molecule has 3 aromatic rings. The highest BCUT2D eigenvalue weighted by molar-refractivity contribution is 7.98. The Morgan fingerprint density at radius 3 is 2.66 bits per heavy atom. The first-order valence-corrected chi connectivity index (χ1v) is 10.5. The maximum Gasteiger partial charge on any atom is 0.262 e. The number of rotatable bonds is 9. The standard InChI is InChI=1S/C22H22N4O2S/c23-14-16-8-3-4-9-17(16)15-29-22-25-19-11-6-5-10-18(19)21(28)26(22)13-7-1-2-12-20(24)27/h3-6,8-11H,1-2,7,12-13,15H2,(H2,24,27). The highest BCUT2D eigenvalue weighted by atomic mass is 32.2. The Morgan fingerprint density at radius 2 is 1.86 bits per heavy atom. The summed E-state index contributed by atoms with van der Waals surface area (Å²) in [5.74, 6) is 0.248. The van der Waals surface area contributed by atoms with Crippen molar-refractivity contribution < 1.29 is 4.79 Å². The Kier molecular flexibility index (Phi) is 7.04. The normalized spacial score (nSPS) is 10.7. The molecule has 0 spiro atoms. The summed E-state index contributed by atoms with van der Waals surface area (Å²) < 4.78 is 1.70. The molecule has 2 aromatic carbocycles. The number of nitriles is 1. The van der Waals surface area contributed by atoms with Crippen LogP contribution in [0.25, 0.3) is 10.9 Å². The zero-order valence-electron chi connectivity index (χ0n) is 16.0. The van der Waals surface area contributed by atoms with Crippen molar-refractivity contribution in [2.45, 2.75) is 43.1 Å². The molecule has 1 heterocycles. The van der Waals surface area contributed by atoms with Gasteiger partial charge in [-0.1, -0.05) is 48.5 Å². The van der Waals surface area contributed by atoms with Crippen LogP contribution >= 0.6 is 11.8 Å². The Labute approximate surface area is 173 Å². The van der Waals surface area contributed by atoms with Crippen molar-refractivity contribution in [2.75, 3.05) is 0 Å². The molecule has 148 valence electrons. The Morgan fingerprint density at radius 1 is 1.10 bits per heavy atom. The van der Waals surface area contributed by atoms with E-state index >= 15 is 0 Å². The molecule has 0 saturated carbocycles. The van der Waals surface area contributed by atoms with E-state index in [-0.39, 0.29) is 11.5 Å². The number of amides is 1. The number of thioether (sulfide) groups is 1. The first-order valence-electron chi connectivity index (χ1n) is 9.49. The van der Waals surface area contributed by atoms with Gasteiger partial charge in [0.2, 0.25) is 5.91 Å². The van der Waals surface area contributed by atoms with E-state index in [1.807, 2.05) is 36.4 Å². The predicted octanol–water partition coefficient (Wildman–Crippen LogP) is 3.61. The molecule has 29 heavy (non-hydrogen) atoms. The van der Waals surface area contributed by atoms with Gasteiger partial charge in [0, 0.05) is 18.7 Å². The van der Waals surface area contributed by atoms with Crippen molar-refractivity contribution in [3.63, 3.8) is 0 Å².